The van der Waals surface area contributed by atoms with E-state index < -0.39 is 0 Å². The first-order valence-electron chi connectivity index (χ1n) is 6.53. The Balaban J connectivity index is 2.01. The van der Waals surface area contributed by atoms with Gasteiger partial charge in [-0.05, 0) is 42.3 Å². The van der Waals surface area contributed by atoms with E-state index in [4.69, 9.17) is 9.47 Å². The molecule has 2 rings (SSSR count). The molecule has 0 bridgehead atoms. The molecular weight excluding hydrogens is 252 g/mol. The normalized spacial score (nSPS) is 10.1. The number of ether oxygens (including phenoxy) is 2. The van der Waals surface area contributed by atoms with Gasteiger partial charge in [-0.3, -0.25) is 4.79 Å². The summed E-state index contributed by atoms with van der Waals surface area (Å²) in [5.41, 5.74) is 1.76. The third kappa shape index (κ3) is 3.38. The van der Waals surface area contributed by atoms with Gasteiger partial charge in [-0.15, -0.1) is 0 Å². The first-order chi connectivity index (χ1) is 9.74. The number of hydrogen-bond acceptors (Lipinski definition) is 3. The minimum atomic E-state index is 0.124. The van der Waals surface area contributed by atoms with Gasteiger partial charge in [0.25, 0.3) is 0 Å². The molecule has 2 aromatic carbocycles. The van der Waals surface area contributed by atoms with Crippen LogP contribution in [0.4, 0.5) is 0 Å². The molecule has 3 heteroatoms. The summed E-state index contributed by atoms with van der Waals surface area (Å²) in [5.74, 6) is 1.71. The molecule has 0 saturated carbocycles. The minimum Gasteiger partial charge on any atom is -0.497 e. The molecule has 0 aliphatic rings. The van der Waals surface area contributed by atoms with Crippen molar-refractivity contribution in [1.82, 2.24) is 0 Å². The highest BCUT2D eigenvalue weighted by Crippen LogP contribution is 2.20. The van der Waals surface area contributed by atoms with Crippen LogP contribution < -0.4 is 9.47 Å². The number of para-hydroxylation sites is 1. The van der Waals surface area contributed by atoms with E-state index in [0.717, 1.165) is 17.1 Å². The molecule has 0 spiro atoms. The van der Waals surface area contributed by atoms with Crippen molar-refractivity contribution < 1.29 is 14.3 Å². The third-order valence-electron chi connectivity index (χ3n) is 3.23. The van der Waals surface area contributed by atoms with Crippen LogP contribution in [0.1, 0.15) is 22.3 Å². The molecule has 0 atom stereocenters. The van der Waals surface area contributed by atoms with Crippen LogP contribution in [0, 0.1) is 0 Å². The average Bonchev–Trinajstić information content (AvgIpc) is 2.53. The monoisotopic (exact) mass is 270 g/mol. The lowest BCUT2D eigenvalue weighted by Crippen LogP contribution is -2.02. The average molecular weight is 270 g/mol. The maximum atomic E-state index is 12.1. The molecule has 104 valence electrons. The van der Waals surface area contributed by atoms with Crippen molar-refractivity contribution >= 4 is 5.78 Å². The van der Waals surface area contributed by atoms with E-state index >= 15 is 0 Å². The molecule has 3 nitrogen and oxygen atoms in total. The van der Waals surface area contributed by atoms with Crippen molar-refractivity contribution in [2.45, 2.75) is 12.8 Å². The number of rotatable bonds is 6. The van der Waals surface area contributed by atoms with Crippen LogP contribution in [0.25, 0.3) is 0 Å². The quantitative estimate of drug-likeness (QED) is 0.753. The zero-order valence-electron chi connectivity index (χ0n) is 11.8. The standard InChI is InChI=1S/C17H18O3/c1-19-15-10-7-13(8-11-15)16(18)12-9-14-5-3-4-6-17(14)20-2/h3-8,10-11H,9,12H2,1-2H3. The lowest BCUT2D eigenvalue weighted by molar-refractivity contribution is 0.0982. The van der Waals surface area contributed by atoms with Gasteiger partial charge in [-0.25, -0.2) is 0 Å². The molecule has 0 aromatic heterocycles. The second-order valence-electron chi connectivity index (χ2n) is 4.46. The van der Waals surface area contributed by atoms with Crippen LogP contribution in [0.15, 0.2) is 48.5 Å². The highest BCUT2D eigenvalue weighted by atomic mass is 16.5. The fraction of sp³-hybridized carbons (Fsp3) is 0.235. The number of hydrogen-bond donors (Lipinski definition) is 0. The molecular formula is C17H18O3. The van der Waals surface area contributed by atoms with Gasteiger partial charge in [0.05, 0.1) is 14.2 Å². The number of carbonyl (C=O) groups excluding carboxylic acids is 1. The van der Waals surface area contributed by atoms with Crippen molar-refractivity contribution in [2.24, 2.45) is 0 Å². The fourth-order valence-electron chi connectivity index (χ4n) is 2.08. The number of aryl methyl sites for hydroxylation is 1. The number of carbonyl (C=O) groups is 1. The lowest BCUT2D eigenvalue weighted by Gasteiger charge is -2.07. The Morgan fingerprint density at radius 1 is 0.950 bits per heavy atom. The number of methoxy groups -OCH3 is 2. The molecule has 0 aliphatic heterocycles. The summed E-state index contributed by atoms with van der Waals surface area (Å²) in [7, 11) is 3.25. The van der Waals surface area contributed by atoms with E-state index in [9.17, 15) is 4.79 Å². The van der Waals surface area contributed by atoms with Gasteiger partial charge in [0, 0.05) is 12.0 Å². The molecule has 0 aliphatic carbocycles. The van der Waals surface area contributed by atoms with Crippen molar-refractivity contribution in [2.75, 3.05) is 14.2 Å². The zero-order chi connectivity index (χ0) is 14.4. The molecule has 20 heavy (non-hydrogen) atoms. The molecule has 0 amide bonds. The van der Waals surface area contributed by atoms with E-state index in [0.29, 0.717) is 18.4 Å². The second kappa shape index (κ2) is 6.75. The summed E-state index contributed by atoms with van der Waals surface area (Å²) in [4.78, 5) is 12.1. The Morgan fingerprint density at radius 3 is 2.30 bits per heavy atom. The lowest BCUT2D eigenvalue weighted by atomic mass is 10.0. The van der Waals surface area contributed by atoms with Gasteiger partial charge in [-0.1, -0.05) is 18.2 Å². The summed E-state index contributed by atoms with van der Waals surface area (Å²) < 4.78 is 10.4. The topological polar surface area (TPSA) is 35.5 Å². The minimum absolute atomic E-state index is 0.124. The molecule has 0 heterocycles. The predicted molar refractivity (Wildman–Crippen MR) is 78.6 cm³/mol. The Bertz CT molecular complexity index is 573. The van der Waals surface area contributed by atoms with Gasteiger partial charge in [-0.2, -0.15) is 0 Å². The van der Waals surface area contributed by atoms with E-state index in [1.807, 2.05) is 24.3 Å². The van der Waals surface area contributed by atoms with Crippen LogP contribution in [0.5, 0.6) is 11.5 Å². The molecule has 0 radical (unpaired) electrons. The molecule has 0 saturated heterocycles. The molecule has 2 aromatic rings. The maximum Gasteiger partial charge on any atom is 0.163 e. The maximum absolute atomic E-state index is 12.1. The van der Waals surface area contributed by atoms with Gasteiger partial charge in [0.1, 0.15) is 11.5 Å². The van der Waals surface area contributed by atoms with Crippen molar-refractivity contribution in [3.8, 4) is 11.5 Å². The Morgan fingerprint density at radius 2 is 1.65 bits per heavy atom. The predicted octanol–water partition coefficient (Wildman–Crippen LogP) is 3.52. The van der Waals surface area contributed by atoms with Gasteiger partial charge in [0.15, 0.2) is 5.78 Å². The first kappa shape index (κ1) is 14.1. The van der Waals surface area contributed by atoms with Crippen molar-refractivity contribution in [3.63, 3.8) is 0 Å². The summed E-state index contributed by atoms with van der Waals surface area (Å²) in [6.07, 6.45) is 1.14. The number of ketones is 1. The first-order valence-corrected chi connectivity index (χ1v) is 6.53. The third-order valence-corrected chi connectivity index (χ3v) is 3.23. The van der Waals surface area contributed by atoms with Crippen LogP contribution in [-0.2, 0) is 6.42 Å². The Kier molecular flexibility index (Phi) is 4.77. The van der Waals surface area contributed by atoms with Crippen LogP contribution in [0.2, 0.25) is 0 Å². The van der Waals surface area contributed by atoms with Gasteiger partial charge in [0.2, 0.25) is 0 Å². The largest absolute Gasteiger partial charge is 0.497 e. The second-order valence-corrected chi connectivity index (χ2v) is 4.46. The Hall–Kier alpha value is -2.29. The van der Waals surface area contributed by atoms with Crippen LogP contribution in [-0.4, -0.2) is 20.0 Å². The van der Waals surface area contributed by atoms with Crippen molar-refractivity contribution in [3.05, 3.63) is 59.7 Å². The smallest absolute Gasteiger partial charge is 0.163 e. The van der Waals surface area contributed by atoms with Crippen LogP contribution >= 0.6 is 0 Å². The summed E-state index contributed by atoms with van der Waals surface area (Å²) in [6, 6.07) is 15.0. The molecule has 0 unspecified atom stereocenters. The van der Waals surface area contributed by atoms with Crippen molar-refractivity contribution in [1.29, 1.82) is 0 Å². The highest BCUT2D eigenvalue weighted by molar-refractivity contribution is 5.96. The molecule has 0 fully saturated rings. The summed E-state index contributed by atoms with van der Waals surface area (Å²) in [6.45, 7) is 0. The summed E-state index contributed by atoms with van der Waals surface area (Å²) >= 11 is 0. The SMILES string of the molecule is COc1ccc(C(=O)CCc2ccccc2OC)cc1. The van der Waals surface area contributed by atoms with Crippen LogP contribution in [0.3, 0.4) is 0 Å². The Labute approximate surface area is 119 Å². The van der Waals surface area contributed by atoms with E-state index in [-0.39, 0.29) is 5.78 Å². The van der Waals surface area contributed by atoms with E-state index in [1.54, 1.807) is 38.5 Å². The van der Waals surface area contributed by atoms with Gasteiger partial charge >= 0.3 is 0 Å². The number of benzene rings is 2. The zero-order valence-corrected chi connectivity index (χ0v) is 11.8. The molecule has 0 N–H and O–H groups in total. The number of Topliss-reactive ketones (excluding diaryl/α,β-unsaturated/α-hetero) is 1. The van der Waals surface area contributed by atoms with E-state index in [1.165, 1.54) is 0 Å². The van der Waals surface area contributed by atoms with E-state index in [2.05, 4.69) is 0 Å². The van der Waals surface area contributed by atoms with Gasteiger partial charge < -0.3 is 9.47 Å². The highest BCUT2D eigenvalue weighted by Gasteiger charge is 2.08. The fourth-order valence-corrected chi connectivity index (χ4v) is 2.08. The summed E-state index contributed by atoms with van der Waals surface area (Å²) in [5, 5.41) is 0.